The predicted octanol–water partition coefficient (Wildman–Crippen LogP) is 10.3. The Balaban J connectivity index is 3.16. The Morgan fingerprint density at radius 3 is 2.18 bits per heavy atom. The van der Waals surface area contributed by atoms with Gasteiger partial charge in [-0.25, -0.2) is 9.78 Å². The van der Waals surface area contributed by atoms with Crippen LogP contribution in [-0.2, 0) is 23.5 Å². The third kappa shape index (κ3) is 15.6. The Hall–Kier alpha value is -1.47. The summed E-state index contributed by atoms with van der Waals surface area (Å²) in [6.45, 7) is 18.4. The third-order valence-electron chi connectivity index (χ3n) is 9.64. The number of hydrogen-bond donors (Lipinski definition) is 2. The standard InChI is InChI=1S/C36H58Cl3NO8SSi/c1-11-50(12-2,13-3)48-30(20-31(42)43)35(9,10)33(44)26(7)32(47-34(45)46-22-36(37,38)39)24(5)16-14-15-23(4)17-18-29(41)25(6)19-28-21-49-27(8)40-28/h17,19,21,24,26,29-30,32,41H,11-16,18,20,22H2,1-10H3,(H,42,43)/b23-17-,25-19+/t24?,26?,29-,30-,32?/m0/s1. The van der Waals surface area contributed by atoms with Gasteiger partial charge in [0.15, 0.2) is 8.32 Å². The summed E-state index contributed by atoms with van der Waals surface area (Å²) in [5.41, 5.74) is 1.57. The second kappa shape index (κ2) is 21.3. The first-order valence-electron chi connectivity index (χ1n) is 17.4. The summed E-state index contributed by atoms with van der Waals surface area (Å²) in [4.78, 5) is 43.5. The van der Waals surface area contributed by atoms with Crippen molar-refractivity contribution >= 4 is 78.4 Å². The van der Waals surface area contributed by atoms with Crippen LogP contribution in [0.2, 0.25) is 18.1 Å². The number of carbonyl (C=O) groups excluding carboxylic acids is 2. The lowest BCUT2D eigenvalue weighted by atomic mass is 9.73. The summed E-state index contributed by atoms with van der Waals surface area (Å²) in [6, 6.07) is 2.38. The van der Waals surface area contributed by atoms with Gasteiger partial charge in [0, 0.05) is 10.8 Å². The van der Waals surface area contributed by atoms with Crippen molar-refractivity contribution in [2.24, 2.45) is 17.3 Å². The molecule has 0 fully saturated rings. The number of halogens is 3. The molecule has 3 unspecified atom stereocenters. The summed E-state index contributed by atoms with van der Waals surface area (Å²) in [5.74, 6) is -2.45. The number of aliphatic carboxylic acids is 1. The van der Waals surface area contributed by atoms with Crippen molar-refractivity contribution in [1.82, 2.24) is 4.98 Å². The lowest BCUT2D eigenvalue weighted by Gasteiger charge is -2.42. The van der Waals surface area contributed by atoms with E-state index in [9.17, 15) is 24.6 Å². The second-order valence-electron chi connectivity index (χ2n) is 13.9. The summed E-state index contributed by atoms with van der Waals surface area (Å²) < 4.78 is 15.6. The molecule has 1 aromatic rings. The Morgan fingerprint density at radius 2 is 1.68 bits per heavy atom. The molecule has 14 heteroatoms. The first kappa shape index (κ1) is 46.5. The molecule has 0 spiro atoms. The highest BCUT2D eigenvalue weighted by Gasteiger charge is 2.47. The molecule has 0 bridgehead atoms. The van der Waals surface area contributed by atoms with Crippen LogP contribution in [0.5, 0.6) is 0 Å². The quantitative estimate of drug-likeness (QED) is 0.0509. The average Bonchev–Trinajstić information content (AvgIpc) is 3.45. The lowest BCUT2D eigenvalue weighted by Crippen LogP contribution is -2.51. The van der Waals surface area contributed by atoms with Crippen LogP contribution in [0, 0.1) is 24.2 Å². The molecule has 50 heavy (non-hydrogen) atoms. The van der Waals surface area contributed by atoms with Crippen LogP contribution < -0.4 is 0 Å². The largest absolute Gasteiger partial charge is 0.508 e. The van der Waals surface area contributed by atoms with Crippen molar-refractivity contribution in [1.29, 1.82) is 0 Å². The Labute approximate surface area is 319 Å². The number of aromatic nitrogens is 1. The number of aliphatic hydroxyl groups excluding tert-OH is 1. The van der Waals surface area contributed by atoms with E-state index in [4.69, 9.17) is 48.7 Å². The minimum Gasteiger partial charge on any atom is -0.481 e. The number of carboxylic acids is 1. The number of carbonyl (C=O) groups is 3. The van der Waals surface area contributed by atoms with Gasteiger partial charge in [-0.15, -0.1) is 11.3 Å². The van der Waals surface area contributed by atoms with Crippen LogP contribution in [0.3, 0.4) is 0 Å². The van der Waals surface area contributed by atoms with Crippen molar-refractivity contribution < 1.29 is 38.5 Å². The highest BCUT2D eigenvalue weighted by molar-refractivity contribution is 7.09. The molecule has 1 aromatic heterocycles. The highest BCUT2D eigenvalue weighted by atomic mass is 35.6. The van der Waals surface area contributed by atoms with E-state index in [0.29, 0.717) is 12.8 Å². The van der Waals surface area contributed by atoms with Gasteiger partial charge in [0.1, 0.15) is 18.5 Å². The van der Waals surface area contributed by atoms with Gasteiger partial charge in [-0.2, -0.15) is 0 Å². The first-order chi connectivity index (χ1) is 23.1. The summed E-state index contributed by atoms with van der Waals surface area (Å²) in [6.07, 6.45) is 2.64. The number of ketones is 1. The number of aliphatic hydroxyl groups is 1. The van der Waals surface area contributed by atoms with E-state index in [1.54, 1.807) is 32.1 Å². The molecular weight excluding hydrogens is 741 g/mol. The number of alkyl halides is 3. The van der Waals surface area contributed by atoms with E-state index in [-0.39, 0.29) is 18.1 Å². The van der Waals surface area contributed by atoms with E-state index in [1.807, 2.05) is 66.0 Å². The lowest BCUT2D eigenvalue weighted by molar-refractivity contribution is -0.147. The van der Waals surface area contributed by atoms with Gasteiger partial charge in [0.2, 0.25) is 3.79 Å². The molecule has 0 aliphatic carbocycles. The molecule has 0 aromatic carbocycles. The van der Waals surface area contributed by atoms with Crippen LogP contribution in [0.1, 0.15) is 105 Å². The number of hydrogen-bond acceptors (Lipinski definition) is 9. The highest BCUT2D eigenvalue weighted by Crippen LogP contribution is 2.38. The van der Waals surface area contributed by atoms with Crippen LogP contribution in [-0.4, -0.2) is 70.1 Å². The number of nitrogens with zero attached hydrogens (tertiary/aromatic N) is 1. The number of allylic oxidation sites excluding steroid dienone is 1. The maximum Gasteiger partial charge on any atom is 0.508 e. The molecule has 0 saturated carbocycles. The van der Waals surface area contributed by atoms with Crippen molar-refractivity contribution in [3.63, 3.8) is 0 Å². The van der Waals surface area contributed by atoms with E-state index in [0.717, 1.165) is 52.8 Å². The zero-order valence-corrected chi connectivity index (χ0v) is 35.4. The second-order valence-corrected chi connectivity index (χ2v) is 22.2. The van der Waals surface area contributed by atoms with Crippen LogP contribution in [0.4, 0.5) is 4.79 Å². The fourth-order valence-electron chi connectivity index (χ4n) is 6.04. The maximum absolute atomic E-state index is 14.3. The summed E-state index contributed by atoms with van der Waals surface area (Å²) in [5, 5.41) is 23.4. The van der Waals surface area contributed by atoms with Gasteiger partial charge in [-0.1, -0.05) is 94.9 Å². The summed E-state index contributed by atoms with van der Waals surface area (Å²) in [7, 11) is -2.29. The zero-order valence-electron chi connectivity index (χ0n) is 31.3. The molecule has 2 N–H and O–H groups in total. The fourth-order valence-corrected chi connectivity index (χ4v) is 9.76. The summed E-state index contributed by atoms with van der Waals surface area (Å²) >= 11 is 18.9. The smallest absolute Gasteiger partial charge is 0.481 e. The number of carboxylic acid groups (broad SMARTS) is 1. The molecule has 9 nitrogen and oxygen atoms in total. The van der Waals surface area contributed by atoms with Crippen LogP contribution in [0.25, 0.3) is 6.08 Å². The number of Topliss-reactive ketones (excluding diaryl/α,β-unsaturated/α-hetero) is 1. The van der Waals surface area contributed by atoms with Gasteiger partial charge >= 0.3 is 12.1 Å². The molecule has 1 heterocycles. The normalized spacial score (nSPS) is 16.4. The molecule has 0 saturated heterocycles. The van der Waals surface area contributed by atoms with E-state index < -0.39 is 60.5 Å². The predicted molar refractivity (Wildman–Crippen MR) is 207 cm³/mol. The van der Waals surface area contributed by atoms with Crippen molar-refractivity contribution in [2.75, 3.05) is 6.61 Å². The SMILES string of the molecule is CC[Si](CC)(CC)O[C@@H](CC(=O)O)C(C)(C)C(=O)C(C)C(OC(=O)OCC(Cl)(Cl)Cl)C(C)CCC/C(C)=C\C[C@H](O)/C(C)=C/c1csc(C)n1. The molecule has 5 atom stereocenters. The van der Waals surface area contributed by atoms with Gasteiger partial charge in [-0.05, 0) is 82.2 Å². The zero-order chi connectivity index (χ0) is 38.4. The number of rotatable bonds is 22. The van der Waals surface area contributed by atoms with Gasteiger partial charge < -0.3 is 24.1 Å². The topological polar surface area (TPSA) is 132 Å². The molecular formula is C36H58Cl3NO8SSi. The van der Waals surface area contributed by atoms with Crippen molar-refractivity contribution in [3.8, 4) is 0 Å². The molecule has 0 amide bonds. The van der Waals surface area contributed by atoms with Crippen molar-refractivity contribution in [3.05, 3.63) is 33.3 Å². The number of thiazole rings is 1. The van der Waals surface area contributed by atoms with E-state index in [1.165, 1.54) is 0 Å². The van der Waals surface area contributed by atoms with Gasteiger partial charge in [-0.3, -0.25) is 9.59 Å². The van der Waals surface area contributed by atoms with Crippen LogP contribution >= 0.6 is 46.1 Å². The molecule has 0 aliphatic heterocycles. The average molecular weight is 799 g/mol. The van der Waals surface area contributed by atoms with Gasteiger partial charge in [0.25, 0.3) is 0 Å². The minimum absolute atomic E-state index is 0.276. The first-order valence-corrected chi connectivity index (χ1v) is 21.9. The Morgan fingerprint density at radius 1 is 1.08 bits per heavy atom. The van der Waals surface area contributed by atoms with Gasteiger partial charge in [0.05, 0.1) is 35.2 Å². The molecule has 0 radical (unpaired) electrons. The fraction of sp³-hybridized carbons (Fsp3) is 0.722. The monoisotopic (exact) mass is 797 g/mol. The minimum atomic E-state index is -2.29. The molecule has 0 aliphatic rings. The molecule has 286 valence electrons. The van der Waals surface area contributed by atoms with E-state index in [2.05, 4.69) is 4.98 Å². The molecule has 1 rings (SSSR count). The van der Waals surface area contributed by atoms with Crippen molar-refractivity contribution in [2.45, 2.75) is 142 Å². The Kier molecular flexibility index (Phi) is 19.8. The number of ether oxygens (including phenoxy) is 2. The Bertz CT molecular complexity index is 1300. The maximum atomic E-state index is 14.3. The van der Waals surface area contributed by atoms with E-state index >= 15 is 0 Å². The number of aryl methyl sites for hydroxylation is 1. The van der Waals surface area contributed by atoms with Crippen LogP contribution in [0.15, 0.2) is 22.6 Å². The third-order valence-corrected chi connectivity index (χ3v) is 15.4.